The fraction of sp³-hybridized carbons (Fsp3) is 1.00. The lowest BCUT2D eigenvalue weighted by molar-refractivity contribution is 0.0177. The minimum atomic E-state index is 0.150. The Morgan fingerprint density at radius 1 is 0.824 bits per heavy atom. The average Bonchev–Trinajstić information content (AvgIpc) is 2.34. The van der Waals surface area contributed by atoms with Gasteiger partial charge in [-0.3, -0.25) is 0 Å². The second kappa shape index (κ2) is 14.0. The van der Waals surface area contributed by atoms with E-state index in [2.05, 4.69) is 13.8 Å². The van der Waals surface area contributed by atoms with Crippen LogP contribution in [0.1, 0.15) is 78.1 Å². The van der Waals surface area contributed by atoms with E-state index in [1.54, 1.807) is 0 Å². The van der Waals surface area contributed by atoms with E-state index in [1.807, 2.05) is 0 Å². The van der Waals surface area contributed by atoms with Crippen molar-refractivity contribution in [1.29, 1.82) is 0 Å². The van der Waals surface area contributed by atoms with Crippen LogP contribution in [0, 0.1) is 0 Å². The maximum Gasteiger partial charge on any atom is 0.0701 e. The highest BCUT2D eigenvalue weighted by molar-refractivity contribution is 4.58. The monoisotopic (exact) mass is 244 g/mol. The Bertz CT molecular complexity index is 137. The molecule has 17 heavy (non-hydrogen) atoms. The number of aliphatic hydroxyl groups excluding tert-OH is 1. The molecule has 0 aromatic carbocycles. The van der Waals surface area contributed by atoms with Gasteiger partial charge in [0.2, 0.25) is 0 Å². The van der Waals surface area contributed by atoms with Crippen molar-refractivity contribution in [1.82, 2.24) is 0 Å². The van der Waals surface area contributed by atoms with E-state index >= 15 is 0 Å². The van der Waals surface area contributed by atoms with Crippen LogP contribution in [0.15, 0.2) is 0 Å². The summed E-state index contributed by atoms with van der Waals surface area (Å²) in [5.41, 5.74) is 0. The van der Waals surface area contributed by atoms with Gasteiger partial charge in [-0.15, -0.1) is 0 Å². The summed E-state index contributed by atoms with van der Waals surface area (Å²) in [6, 6.07) is 0. The molecule has 0 aromatic rings. The molecule has 0 aliphatic heterocycles. The van der Waals surface area contributed by atoms with E-state index in [1.165, 1.54) is 57.8 Å². The Morgan fingerprint density at radius 3 is 2.06 bits per heavy atom. The first-order chi connectivity index (χ1) is 8.35. The zero-order chi connectivity index (χ0) is 12.8. The molecule has 0 saturated heterocycles. The topological polar surface area (TPSA) is 29.5 Å². The molecule has 0 spiro atoms. The normalized spacial score (nSPS) is 12.9. The van der Waals surface area contributed by atoms with Crippen LogP contribution in [-0.4, -0.2) is 24.4 Å². The SMILES string of the molecule is CCCCCCCCCC(CCC)OCCO. The van der Waals surface area contributed by atoms with Gasteiger partial charge >= 0.3 is 0 Å². The molecule has 0 aliphatic carbocycles. The van der Waals surface area contributed by atoms with Crippen LogP contribution < -0.4 is 0 Å². The fourth-order valence-corrected chi connectivity index (χ4v) is 2.18. The molecule has 0 saturated carbocycles. The maximum atomic E-state index is 8.75. The number of ether oxygens (including phenoxy) is 1. The minimum Gasteiger partial charge on any atom is -0.394 e. The number of aliphatic hydroxyl groups is 1. The molecular formula is C15H32O2. The quantitative estimate of drug-likeness (QED) is 0.489. The molecule has 0 fully saturated rings. The van der Waals surface area contributed by atoms with Crippen molar-refractivity contribution < 1.29 is 9.84 Å². The fourth-order valence-electron chi connectivity index (χ4n) is 2.18. The average molecular weight is 244 g/mol. The van der Waals surface area contributed by atoms with E-state index in [4.69, 9.17) is 9.84 Å². The Labute approximate surface area is 108 Å². The number of unbranched alkanes of at least 4 members (excludes halogenated alkanes) is 6. The summed E-state index contributed by atoms with van der Waals surface area (Å²) in [7, 11) is 0. The van der Waals surface area contributed by atoms with Crippen LogP contribution in [0.3, 0.4) is 0 Å². The van der Waals surface area contributed by atoms with Crippen LogP contribution in [0.4, 0.5) is 0 Å². The smallest absolute Gasteiger partial charge is 0.0701 e. The molecule has 0 aliphatic rings. The molecule has 0 bridgehead atoms. The highest BCUT2D eigenvalue weighted by atomic mass is 16.5. The first-order valence-electron chi connectivity index (χ1n) is 7.57. The molecule has 0 heterocycles. The van der Waals surface area contributed by atoms with Gasteiger partial charge in [-0.1, -0.05) is 65.2 Å². The van der Waals surface area contributed by atoms with Gasteiger partial charge in [0.15, 0.2) is 0 Å². The highest BCUT2D eigenvalue weighted by Gasteiger charge is 2.07. The second-order valence-corrected chi connectivity index (χ2v) is 4.92. The zero-order valence-corrected chi connectivity index (χ0v) is 11.9. The molecule has 2 heteroatoms. The van der Waals surface area contributed by atoms with Gasteiger partial charge in [-0.05, 0) is 12.8 Å². The first-order valence-corrected chi connectivity index (χ1v) is 7.57. The molecule has 0 amide bonds. The van der Waals surface area contributed by atoms with Crippen LogP contribution >= 0.6 is 0 Å². The lowest BCUT2D eigenvalue weighted by Gasteiger charge is -2.16. The van der Waals surface area contributed by atoms with E-state index in [-0.39, 0.29) is 6.61 Å². The van der Waals surface area contributed by atoms with Crippen LogP contribution in [-0.2, 0) is 4.74 Å². The Balaban J connectivity index is 3.34. The van der Waals surface area contributed by atoms with Gasteiger partial charge in [0, 0.05) is 0 Å². The minimum absolute atomic E-state index is 0.150. The van der Waals surface area contributed by atoms with Crippen molar-refractivity contribution >= 4 is 0 Å². The number of hydrogen-bond donors (Lipinski definition) is 1. The third-order valence-electron chi connectivity index (χ3n) is 3.19. The van der Waals surface area contributed by atoms with Crippen molar-refractivity contribution in [3.63, 3.8) is 0 Å². The van der Waals surface area contributed by atoms with Crippen molar-refractivity contribution in [2.75, 3.05) is 13.2 Å². The van der Waals surface area contributed by atoms with Gasteiger partial charge in [0.05, 0.1) is 19.3 Å². The van der Waals surface area contributed by atoms with Crippen LogP contribution in [0.25, 0.3) is 0 Å². The molecule has 1 unspecified atom stereocenters. The van der Waals surface area contributed by atoms with Gasteiger partial charge in [-0.2, -0.15) is 0 Å². The molecule has 0 radical (unpaired) electrons. The number of hydrogen-bond acceptors (Lipinski definition) is 2. The standard InChI is InChI=1S/C15H32O2/c1-3-5-6-7-8-9-10-12-15(11-4-2)17-14-13-16/h15-16H,3-14H2,1-2H3. The second-order valence-electron chi connectivity index (χ2n) is 4.92. The van der Waals surface area contributed by atoms with Gasteiger partial charge in [-0.25, -0.2) is 0 Å². The molecule has 104 valence electrons. The summed E-state index contributed by atoms with van der Waals surface area (Å²) in [6.07, 6.45) is 13.4. The molecule has 1 atom stereocenters. The molecule has 2 nitrogen and oxygen atoms in total. The van der Waals surface area contributed by atoms with Crippen LogP contribution in [0.5, 0.6) is 0 Å². The largest absolute Gasteiger partial charge is 0.394 e. The van der Waals surface area contributed by atoms with Crippen molar-refractivity contribution in [2.24, 2.45) is 0 Å². The lowest BCUT2D eigenvalue weighted by atomic mass is 10.0. The third kappa shape index (κ3) is 12.2. The maximum absolute atomic E-state index is 8.75. The van der Waals surface area contributed by atoms with Gasteiger partial charge < -0.3 is 9.84 Å². The van der Waals surface area contributed by atoms with Crippen molar-refractivity contribution in [2.45, 2.75) is 84.2 Å². The summed E-state index contributed by atoms with van der Waals surface area (Å²) in [6.45, 7) is 5.10. The highest BCUT2D eigenvalue weighted by Crippen LogP contribution is 2.14. The molecule has 1 N–H and O–H groups in total. The summed E-state index contributed by atoms with van der Waals surface area (Å²) in [4.78, 5) is 0. The zero-order valence-electron chi connectivity index (χ0n) is 11.9. The Hall–Kier alpha value is -0.0800. The third-order valence-corrected chi connectivity index (χ3v) is 3.19. The van der Waals surface area contributed by atoms with E-state index in [9.17, 15) is 0 Å². The predicted molar refractivity (Wildman–Crippen MR) is 74.3 cm³/mol. The van der Waals surface area contributed by atoms with E-state index in [0.29, 0.717) is 12.7 Å². The molecule has 0 aromatic heterocycles. The number of rotatable bonds is 13. The van der Waals surface area contributed by atoms with Crippen LogP contribution in [0.2, 0.25) is 0 Å². The lowest BCUT2D eigenvalue weighted by Crippen LogP contribution is -2.15. The summed E-state index contributed by atoms with van der Waals surface area (Å²) >= 11 is 0. The summed E-state index contributed by atoms with van der Waals surface area (Å²) < 4.78 is 5.63. The van der Waals surface area contributed by atoms with Crippen molar-refractivity contribution in [3.05, 3.63) is 0 Å². The molecular weight excluding hydrogens is 212 g/mol. The first kappa shape index (κ1) is 16.9. The van der Waals surface area contributed by atoms with Gasteiger partial charge in [0.25, 0.3) is 0 Å². The van der Waals surface area contributed by atoms with Gasteiger partial charge in [0.1, 0.15) is 0 Å². The molecule has 0 rings (SSSR count). The Kier molecular flexibility index (Phi) is 13.9. The van der Waals surface area contributed by atoms with E-state index < -0.39 is 0 Å². The summed E-state index contributed by atoms with van der Waals surface area (Å²) in [5, 5.41) is 8.75. The van der Waals surface area contributed by atoms with Crippen molar-refractivity contribution in [3.8, 4) is 0 Å². The predicted octanol–water partition coefficient (Wildman–Crippen LogP) is 4.30. The Morgan fingerprint density at radius 2 is 1.47 bits per heavy atom. The van der Waals surface area contributed by atoms with E-state index in [0.717, 1.165) is 6.42 Å². The summed E-state index contributed by atoms with van der Waals surface area (Å²) in [5.74, 6) is 0.